The number of carbonyl (C=O) groups excluding carboxylic acids is 1. The molecule has 1 aliphatic rings. The molecule has 1 atom stereocenters. The van der Waals surface area contributed by atoms with Gasteiger partial charge in [0.25, 0.3) is 0 Å². The number of hydrogen-bond acceptors (Lipinski definition) is 7. The van der Waals surface area contributed by atoms with Crippen LogP contribution in [0.2, 0.25) is 0 Å². The van der Waals surface area contributed by atoms with Gasteiger partial charge in [0.15, 0.2) is 0 Å². The van der Waals surface area contributed by atoms with E-state index in [1.165, 1.54) is 11.3 Å². The molecule has 0 saturated carbocycles. The van der Waals surface area contributed by atoms with Crippen LogP contribution >= 0.6 is 11.3 Å². The zero-order valence-electron chi connectivity index (χ0n) is 14.5. The molecule has 136 valence electrons. The zero-order chi connectivity index (χ0) is 17.9. The third-order valence-electron chi connectivity index (χ3n) is 4.44. The van der Waals surface area contributed by atoms with Crippen LogP contribution in [-0.4, -0.2) is 46.7 Å². The van der Waals surface area contributed by atoms with Gasteiger partial charge in [0.1, 0.15) is 15.5 Å². The summed E-state index contributed by atoms with van der Waals surface area (Å²) in [5, 5.41) is 8.89. The maximum Gasteiger partial charge on any atom is 0.349 e. The minimum atomic E-state index is -0.335. The van der Waals surface area contributed by atoms with E-state index in [2.05, 4.69) is 25.6 Å². The third-order valence-corrected chi connectivity index (χ3v) is 5.46. The quantitative estimate of drug-likeness (QED) is 0.597. The minimum absolute atomic E-state index is 0.335. The van der Waals surface area contributed by atoms with E-state index < -0.39 is 0 Å². The van der Waals surface area contributed by atoms with Gasteiger partial charge in [-0.05, 0) is 32.4 Å². The van der Waals surface area contributed by atoms with Crippen LogP contribution in [0.25, 0.3) is 21.6 Å². The fourth-order valence-electron chi connectivity index (χ4n) is 3.20. The molecule has 0 spiro atoms. The maximum atomic E-state index is 12.0. The van der Waals surface area contributed by atoms with Crippen LogP contribution in [0.4, 0.5) is 5.69 Å². The number of ether oxygens (including phenoxy) is 1. The summed E-state index contributed by atoms with van der Waals surface area (Å²) in [4.78, 5) is 24.6. The van der Waals surface area contributed by atoms with Crippen molar-refractivity contribution in [2.45, 2.75) is 25.8 Å². The minimum Gasteiger partial charge on any atom is -0.462 e. The second kappa shape index (κ2) is 7.43. The molecule has 3 N–H and O–H groups in total. The first-order chi connectivity index (χ1) is 12.8. The molecule has 0 amide bonds. The number of piperidine rings is 1. The molecular weight excluding hydrogens is 350 g/mol. The second-order valence-corrected chi connectivity index (χ2v) is 7.26. The Labute approximate surface area is 155 Å². The highest BCUT2D eigenvalue weighted by atomic mass is 32.1. The van der Waals surface area contributed by atoms with E-state index in [0.717, 1.165) is 53.2 Å². The van der Waals surface area contributed by atoms with Gasteiger partial charge in [0.05, 0.1) is 24.1 Å². The highest BCUT2D eigenvalue weighted by Crippen LogP contribution is 2.36. The Balaban J connectivity index is 1.72. The number of fused-ring (bicyclic) bond motifs is 1. The first kappa shape index (κ1) is 17.0. The van der Waals surface area contributed by atoms with Crippen LogP contribution in [0, 0.1) is 0 Å². The van der Waals surface area contributed by atoms with Gasteiger partial charge in [0.2, 0.25) is 0 Å². The van der Waals surface area contributed by atoms with Crippen molar-refractivity contribution in [3.05, 3.63) is 29.5 Å². The number of thiazole rings is 1. The molecule has 0 bridgehead atoms. The molecule has 26 heavy (non-hydrogen) atoms. The molecule has 4 rings (SSSR count). The summed E-state index contributed by atoms with van der Waals surface area (Å²) in [5.74, 6) is -0.335. The van der Waals surface area contributed by atoms with Crippen LogP contribution in [0.1, 0.15) is 29.4 Å². The largest absolute Gasteiger partial charge is 0.462 e. The number of carbonyl (C=O) groups is 1. The van der Waals surface area contributed by atoms with Crippen LogP contribution in [0.15, 0.2) is 24.7 Å². The van der Waals surface area contributed by atoms with Gasteiger partial charge in [-0.3, -0.25) is 0 Å². The van der Waals surface area contributed by atoms with Crippen LogP contribution in [0.5, 0.6) is 0 Å². The predicted molar refractivity (Wildman–Crippen MR) is 103 cm³/mol. The van der Waals surface area contributed by atoms with Crippen LogP contribution < -0.4 is 10.6 Å². The Kier molecular flexibility index (Phi) is 4.85. The first-order valence-corrected chi connectivity index (χ1v) is 9.64. The Bertz CT molecular complexity index is 913. The van der Waals surface area contributed by atoms with Gasteiger partial charge in [-0.15, -0.1) is 11.3 Å². The summed E-state index contributed by atoms with van der Waals surface area (Å²) in [7, 11) is 0. The number of nitrogens with zero attached hydrogens (tertiary/aromatic N) is 2. The normalized spacial score (nSPS) is 17.3. The van der Waals surface area contributed by atoms with Crippen molar-refractivity contribution in [1.29, 1.82) is 0 Å². The Morgan fingerprint density at radius 2 is 2.35 bits per heavy atom. The molecule has 3 aromatic rings. The summed E-state index contributed by atoms with van der Waals surface area (Å²) >= 11 is 1.33. The smallest absolute Gasteiger partial charge is 0.349 e. The molecule has 0 aromatic carbocycles. The van der Waals surface area contributed by atoms with Gasteiger partial charge in [0, 0.05) is 30.4 Å². The number of hydrogen-bond donors (Lipinski definition) is 3. The summed E-state index contributed by atoms with van der Waals surface area (Å²) in [6.45, 7) is 4.14. The second-order valence-electron chi connectivity index (χ2n) is 6.22. The molecule has 1 fully saturated rings. The molecule has 1 saturated heterocycles. The molecule has 4 heterocycles. The van der Waals surface area contributed by atoms with E-state index in [9.17, 15) is 4.79 Å². The molecule has 1 aliphatic heterocycles. The lowest BCUT2D eigenvalue weighted by Gasteiger charge is -2.26. The molecule has 0 aliphatic carbocycles. The molecular formula is C18H21N5O2S. The van der Waals surface area contributed by atoms with E-state index in [0.29, 0.717) is 17.5 Å². The Morgan fingerprint density at radius 1 is 1.42 bits per heavy atom. The molecule has 3 aromatic heterocycles. The van der Waals surface area contributed by atoms with E-state index in [1.807, 2.05) is 18.5 Å². The number of aromatic nitrogens is 3. The maximum absolute atomic E-state index is 12.0. The molecule has 8 heteroatoms. The number of esters is 1. The highest BCUT2D eigenvalue weighted by molar-refractivity contribution is 7.16. The number of anilines is 1. The van der Waals surface area contributed by atoms with E-state index in [-0.39, 0.29) is 5.97 Å². The van der Waals surface area contributed by atoms with E-state index in [4.69, 9.17) is 4.74 Å². The third kappa shape index (κ3) is 3.30. The lowest BCUT2D eigenvalue weighted by atomic mass is 10.1. The predicted octanol–water partition coefficient (Wildman–Crippen LogP) is 3.03. The van der Waals surface area contributed by atoms with Gasteiger partial charge in [-0.1, -0.05) is 0 Å². The van der Waals surface area contributed by atoms with E-state index in [1.54, 1.807) is 13.1 Å². The Morgan fingerprint density at radius 3 is 3.15 bits per heavy atom. The topological polar surface area (TPSA) is 91.9 Å². The van der Waals surface area contributed by atoms with Crippen LogP contribution in [0.3, 0.4) is 0 Å². The van der Waals surface area contributed by atoms with Gasteiger partial charge < -0.3 is 20.4 Å². The summed E-state index contributed by atoms with van der Waals surface area (Å²) in [6, 6.07) is 2.37. The van der Waals surface area contributed by atoms with Crippen molar-refractivity contribution >= 4 is 34.0 Å². The lowest BCUT2D eigenvalue weighted by Crippen LogP contribution is -2.38. The van der Waals surface area contributed by atoms with Crippen molar-refractivity contribution in [2.75, 3.05) is 25.0 Å². The standard InChI is InChI=1S/C18H21N5O2S/c1-2-25-18(24)14-10-22-17(26-14)13-9-21-16-12(5-7-20-16)15(13)23-11-4-3-6-19-8-11/h5,7,9-11,19H,2-4,6,8H2,1H3,(H2,20,21,23). The van der Waals surface area contributed by atoms with Gasteiger partial charge in [-0.25, -0.2) is 14.8 Å². The van der Waals surface area contributed by atoms with Gasteiger partial charge in [-0.2, -0.15) is 0 Å². The SMILES string of the molecule is CCOC(=O)c1cnc(-c2cnc3[nH]ccc3c2NC2CCCNC2)s1. The number of H-pyrrole nitrogens is 1. The highest BCUT2D eigenvalue weighted by Gasteiger charge is 2.20. The van der Waals surface area contributed by atoms with Gasteiger partial charge >= 0.3 is 5.97 Å². The summed E-state index contributed by atoms with van der Waals surface area (Å²) < 4.78 is 5.07. The summed E-state index contributed by atoms with van der Waals surface area (Å²) in [5.41, 5.74) is 2.75. The average Bonchev–Trinajstić information content (AvgIpc) is 3.33. The zero-order valence-corrected chi connectivity index (χ0v) is 15.4. The van der Waals surface area contributed by atoms with Crippen molar-refractivity contribution in [1.82, 2.24) is 20.3 Å². The van der Waals surface area contributed by atoms with Crippen molar-refractivity contribution in [2.24, 2.45) is 0 Å². The number of pyridine rings is 1. The number of rotatable bonds is 5. The van der Waals surface area contributed by atoms with Crippen molar-refractivity contribution in [3.8, 4) is 10.6 Å². The molecule has 7 nitrogen and oxygen atoms in total. The monoisotopic (exact) mass is 371 g/mol. The molecule has 1 unspecified atom stereocenters. The average molecular weight is 371 g/mol. The number of nitrogens with one attached hydrogen (secondary N) is 3. The lowest BCUT2D eigenvalue weighted by molar-refractivity contribution is 0.0532. The fourth-order valence-corrected chi connectivity index (χ4v) is 4.03. The molecule has 0 radical (unpaired) electrons. The van der Waals surface area contributed by atoms with Crippen LogP contribution in [-0.2, 0) is 4.74 Å². The summed E-state index contributed by atoms with van der Waals surface area (Å²) in [6.07, 6.45) is 7.54. The van der Waals surface area contributed by atoms with Crippen molar-refractivity contribution in [3.63, 3.8) is 0 Å². The number of aromatic amines is 1. The van der Waals surface area contributed by atoms with E-state index >= 15 is 0 Å². The Hall–Kier alpha value is -2.45. The van der Waals surface area contributed by atoms with Crippen molar-refractivity contribution < 1.29 is 9.53 Å². The fraction of sp³-hybridized carbons (Fsp3) is 0.389. The first-order valence-electron chi connectivity index (χ1n) is 8.83.